The topological polar surface area (TPSA) is 38.1 Å². The lowest BCUT2D eigenvalue weighted by atomic mass is 10.2. The molecule has 0 unspecified atom stereocenters. The minimum absolute atomic E-state index is 0.393. The Morgan fingerprint density at radius 3 is 3.29 bits per heavy atom. The number of fused-ring (bicyclic) bond motifs is 1. The number of hydrogen-bond acceptors (Lipinski definition) is 3. The minimum atomic E-state index is 0.393. The van der Waals surface area contributed by atoms with Gasteiger partial charge in [-0.05, 0) is 31.5 Å². The second-order valence-corrected chi connectivity index (χ2v) is 3.68. The van der Waals surface area contributed by atoms with Crippen LogP contribution in [0.15, 0.2) is 28.8 Å². The van der Waals surface area contributed by atoms with E-state index < -0.39 is 0 Å². The third-order valence-electron chi connectivity index (χ3n) is 2.71. The van der Waals surface area contributed by atoms with Crippen molar-refractivity contribution in [1.82, 2.24) is 10.3 Å². The molecule has 1 saturated heterocycles. The Balaban J connectivity index is 2.05. The molecule has 3 heteroatoms. The lowest BCUT2D eigenvalue weighted by molar-refractivity contribution is 0.471. The van der Waals surface area contributed by atoms with Gasteiger partial charge in [0.25, 0.3) is 0 Å². The van der Waals surface area contributed by atoms with E-state index in [1.807, 2.05) is 18.2 Å². The van der Waals surface area contributed by atoms with Crippen molar-refractivity contribution >= 4 is 11.1 Å². The highest BCUT2D eigenvalue weighted by Gasteiger charge is 2.19. The first-order valence-corrected chi connectivity index (χ1v) is 5.01. The van der Waals surface area contributed by atoms with E-state index in [9.17, 15) is 0 Å². The summed E-state index contributed by atoms with van der Waals surface area (Å²) in [6.07, 6.45) is 4.19. The van der Waals surface area contributed by atoms with Crippen LogP contribution in [0.4, 0.5) is 0 Å². The highest BCUT2D eigenvalue weighted by Crippen LogP contribution is 2.27. The number of pyridine rings is 1. The van der Waals surface area contributed by atoms with Crippen LogP contribution in [0.2, 0.25) is 0 Å². The van der Waals surface area contributed by atoms with E-state index >= 15 is 0 Å². The van der Waals surface area contributed by atoms with Gasteiger partial charge in [-0.3, -0.25) is 4.98 Å². The van der Waals surface area contributed by atoms with Crippen LogP contribution in [0.25, 0.3) is 11.1 Å². The van der Waals surface area contributed by atoms with Crippen molar-refractivity contribution in [2.75, 3.05) is 6.54 Å². The largest absolute Gasteiger partial charge is 0.458 e. The smallest absolute Gasteiger partial charge is 0.152 e. The molecule has 3 nitrogen and oxygen atoms in total. The van der Waals surface area contributed by atoms with Crippen LogP contribution in [0.1, 0.15) is 24.6 Å². The van der Waals surface area contributed by atoms with Gasteiger partial charge in [-0.1, -0.05) is 0 Å². The number of rotatable bonds is 1. The molecular formula is C11H12N2O. The summed E-state index contributed by atoms with van der Waals surface area (Å²) in [5, 5.41) is 3.41. The van der Waals surface area contributed by atoms with Gasteiger partial charge in [0, 0.05) is 12.3 Å². The standard InChI is InChI=1S/C11H12N2O/c1-3-8(12-5-1)11-7-9-10(14-11)4-2-6-13-9/h2,4,6-8,12H,1,3,5H2/t8-/m0/s1. The summed E-state index contributed by atoms with van der Waals surface area (Å²) in [6.45, 7) is 1.09. The van der Waals surface area contributed by atoms with Crippen LogP contribution < -0.4 is 5.32 Å². The zero-order chi connectivity index (χ0) is 9.38. The molecule has 0 aliphatic carbocycles. The van der Waals surface area contributed by atoms with Crippen LogP contribution >= 0.6 is 0 Å². The second kappa shape index (κ2) is 3.10. The summed E-state index contributed by atoms with van der Waals surface area (Å²) in [7, 11) is 0. The predicted molar refractivity (Wildman–Crippen MR) is 54.0 cm³/mol. The molecule has 0 bridgehead atoms. The van der Waals surface area contributed by atoms with E-state index in [-0.39, 0.29) is 0 Å². The van der Waals surface area contributed by atoms with E-state index in [0.29, 0.717) is 6.04 Å². The van der Waals surface area contributed by atoms with E-state index in [1.54, 1.807) is 6.20 Å². The molecule has 0 aromatic carbocycles. The molecule has 3 heterocycles. The number of hydrogen-bond donors (Lipinski definition) is 1. The molecule has 0 radical (unpaired) electrons. The van der Waals surface area contributed by atoms with Crippen LogP contribution in [-0.2, 0) is 0 Å². The lowest BCUT2D eigenvalue weighted by Gasteiger charge is -2.04. The van der Waals surface area contributed by atoms with Gasteiger partial charge in [0.1, 0.15) is 11.3 Å². The molecule has 0 amide bonds. The number of aromatic nitrogens is 1. The molecule has 1 aliphatic heterocycles. The minimum Gasteiger partial charge on any atom is -0.458 e. The third-order valence-corrected chi connectivity index (χ3v) is 2.71. The van der Waals surface area contributed by atoms with Gasteiger partial charge < -0.3 is 9.73 Å². The summed E-state index contributed by atoms with van der Waals surface area (Å²) in [6, 6.07) is 6.29. The van der Waals surface area contributed by atoms with Crippen molar-refractivity contribution in [3.8, 4) is 0 Å². The molecule has 2 aromatic heterocycles. The monoisotopic (exact) mass is 188 g/mol. The Morgan fingerprint density at radius 1 is 1.50 bits per heavy atom. The first-order chi connectivity index (χ1) is 6.93. The van der Waals surface area contributed by atoms with Crippen molar-refractivity contribution in [1.29, 1.82) is 0 Å². The lowest BCUT2D eigenvalue weighted by Crippen LogP contribution is -2.11. The van der Waals surface area contributed by atoms with Crippen LogP contribution in [0, 0.1) is 0 Å². The van der Waals surface area contributed by atoms with Crippen LogP contribution in [0.3, 0.4) is 0 Å². The molecule has 1 N–H and O–H groups in total. The Hall–Kier alpha value is -1.35. The normalized spacial score (nSPS) is 21.9. The second-order valence-electron chi connectivity index (χ2n) is 3.68. The van der Waals surface area contributed by atoms with Crippen molar-refractivity contribution in [3.63, 3.8) is 0 Å². The van der Waals surface area contributed by atoms with Gasteiger partial charge in [-0.25, -0.2) is 0 Å². The Morgan fingerprint density at radius 2 is 2.50 bits per heavy atom. The molecule has 3 rings (SSSR count). The Bertz CT molecular complexity index is 410. The fraction of sp³-hybridized carbons (Fsp3) is 0.364. The molecule has 1 atom stereocenters. The van der Waals surface area contributed by atoms with Crippen molar-refractivity contribution < 1.29 is 4.42 Å². The van der Waals surface area contributed by atoms with E-state index in [4.69, 9.17) is 4.42 Å². The quantitative estimate of drug-likeness (QED) is 0.745. The number of nitrogens with zero attached hydrogens (tertiary/aromatic N) is 1. The van der Waals surface area contributed by atoms with Gasteiger partial charge in [-0.2, -0.15) is 0 Å². The van der Waals surface area contributed by atoms with Crippen molar-refractivity contribution in [2.45, 2.75) is 18.9 Å². The van der Waals surface area contributed by atoms with Gasteiger partial charge in [0.05, 0.1) is 6.04 Å². The maximum atomic E-state index is 5.73. The average Bonchev–Trinajstić information content (AvgIpc) is 2.86. The highest BCUT2D eigenvalue weighted by molar-refractivity contribution is 5.72. The maximum absolute atomic E-state index is 5.73. The van der Waals surface area contributed by atoms with Gasteiger partial charge in [-0.15, -0.1) is 0 Å². The predicted octanol–water partition coefficient (Wildman–Crippen LogP) is 2.25. The summed E-state index contributed by atoms with van der Waals surface area (Å²) in [5.41, 5.74) is 1.84. The SMILES string of the molecule is c1cnc2cc([C@@H]3CCCN3)oc2c1. The average molecular weight is 188 g/mol. The van der Waals surface area contributed by atoms with Gasteiger partial charge >= 0.3 is 0 Å². The van der Waals surface area contributed by atoms with E-state index in [1.165, 1.54) is 12.8 Å². The van der Waals surface area contributed by atoms with Crippen LogP contribution in [0.5, 0.6) is 0 Å². The molecule has 1 fully saturated rings. The molecule has 0 spiro atoms. The Labute approximate surface area is 82.1 Å². The summed E-state index contributed by atoms with van der Waals surface area (Å²) < 4.78 is 5.73. The molecule has 2 aromatic rings. The van der Waals surface area contributed by atoms with Crippen molar-refractivity contribution in [2.24, 2.45) is 0 Å². The first-order valence-electron chi connectivity index (χ1n) is 5.01. The highest BCUT2D eigenvalue weighted by atomic mass is 16.3. The van der Waals surface area contributed by atoms with Crippen LogP contribution in [-0.4, -0.2) is 11.5 Å². The number of nitrogens with one attached hydrogen (secondary N) is 1. The zero-order valence-corrected chi connectivity index (χ0v) is 7.86. The fourth-order valence-corrected chi connectivity index (χ4v) is 1.99. The Kier molecular flexibility index (Phi) is 1.77. The molecular weight excluding hydrogens is 176 g/mol. The molecule has 0 saturated carbocycles. The number of furan rings is 1. The van der Waals surface area contributed by atoms with E-state index in [0.717, 1.165) is 23.4 Å². The maximum Gasteiger partial charge on any atom is 0.152 e. The third kappa shape index (κ3) is 1.21. The molecule has 14 heavy (non-hydrogen) atoms. The summed E-state index contributed by atoms with van der Waals surface area (Å²) >= 11 is 0. The summed E-state index contributed by atoms with van der Waals surface area (Å²) in [5.74, 6) is 1.02. The van der Waals surface area contributed by atoms with Crippen molar-refractivity contribution in [3.05, 3.63) is 30.2 Å². The molecule has 72 valence electrons. The van der Waals surface area contributed by atoms with E-state index in [2.05, 4.69) is 10.3 Å². The first kappa shape index (κ1) is 8.00. The fourth-order valence-electron chi connectivity index (χ4n) is 1.99. The van der Waals surface area contributed by atoms with Gasteiger partial charge in [0.15, 0.2) is 5.58 Å². The summed E-state index contributed by atoms with van der Waals surface area (Å²) in [4.78, 5) is 4.25. The zero-order valence-electron chi connectivity index (χ0n) is 7.86. The van der Waals surface area contributed by atoms with Gasteiger partial charge in [0.2, 0.25) is 0 Å². The molecule has 1 aliphatic rings.